The van der Waals surface area contributed by atoms with Crippen molar-refractivity contribution in [1.82, 2.24) is 0 Å². The van der Waals surface area contributed by atoms with Crippen LogP contribution in [0.15, 0.2) is 18.2 Å². The van der Waals surface area contributed by atoms with Gasteiger partial charge in [-0.25, -0.2) is 0 Å². The molecular weight excluding hydrogens is 511 g/mol. The van der Waals surface area contributed by atoms with Crippen molar-refractivity contribution in [3.05, 3.63) is 23.8 Å². The summed E-state index contributed by atoms with van der Waals surface area (Å²) >= 11 is 0. The number of hydrogen-bond acceptors (Lipinski definition) is 6. The number of anilines is 2. The molecule has 2 heterocycles. The first-order valence-electron chi connectivity index (χ1n) is 13.7. The monoisotopic (exact) mass is 562 g/mol. The molecule has 2 saturated heterocycles. The highest BCUT2D eigenvalue weighted by molar-refractivity contribution is 5.85. The first-order valence-corrected chi connectivity index (χ1v) is 13.7. The third-order valence-corrected chi connectivity index (χ3v) is 6.86. The highest BCUT2D eigenvalue weighted by atomic mass is 35.5. The van der Waals surface area contributed by atoms with E-state index >= 15 is 0 Å². The number of esters is 1. The SMILES string of the molecule is C1CCOCC1.C1CCOCC1.COC(=O)CCc1ccc(N[C@@H]2C[C@H](C)CC(C)(C)C2)c(N)c1.Cl.Cl. The summed E-state index contributed by atoms with van der Waals surface area (Å²) in [6, 6.07) is 6.51. The fourth-order valence-electron chi connectivity index (χ4n) is 5.30. The highest BCUT2D eigenvalue weighted by Gasteiger charge is 2.32. The quantitative estimate of drug-likeness (QED) is 0.291. The van der Waals surface area contributed by atoms with Gasteiger partial charge in [-0.05, 0) is 93.2 Å². The third kappa shape index (κ3) is 15.7. The van der Waals surface area contributed by atoms with Crippen molar-refractivity contribution in [3.8, 4) is 0 Å². The van der Waals surface area contributed by atoms with Crippen molar-refractivity contribution in [1.29, 1.82) is 0 Å². The van der Waals surface area contributed by atoms with E-state index in [4.69, 9.17) is 15.2 Å². The zero-order chi connectivity index (χ0) is 25.5. The van der Waals surface area contributed by atoms with Crippen molar-refractivity contribution in [2.45, 2.75) is 97.4 Å². The van der Waals surface area contributed by atoms with Gasteiger partial charge in [0, 0.05) is 38.9 Å². The van der Waals surface area contributed by atoms with E-state index in [0.29, 0.717) is 24.3 Å². The van der Waals surface area contributed by atoms with Gasteiger partial charge in [0.15, 0.2) is 0 Å². The molecule has 0 spiro atoms. The van der Waals surface area contributed by atoms with Crippen molar-refractivity contribution in [3.63, 3.8) is 0 Å². The first kappa shape index (κ1) is 35.8. The number of nitrogens with one attached hydrogen (secondary N) is 1. The molecule has 2 atom stereocenters. The Morgan fingerprint density at radius 2 is 1.57 bits per heavy atom. The maximum absolute atomic E-state index is 11.2. The van der Waals surface area contributed by atoms with E-state index < -0.39 is 0 Å². The van der Waals surface area contributed by atoms with Gasteiger partial charge in [-0.2, -0.15) is 0 Å². The molecule has 0 aromatic heterocycles. The lowest BCUT2D eigenvalue weighted by atomic mass is 9.70. The Morgan fingerprint density at radius 1 is 1.00 bits per heavy atom. The number of carbonyl (C=O) groups excluding carboxylic acids is 1. The minimum absolute atomic E-state index is 0. The zero-order valence-corrected chi connectivity index (χ0v) is 25.2. The summed E-state index contributed by atoms with van der Waals surface area (Å²) in [7, 11) is 1.41. The van der Waals surface area contributed by atoms with Gasteiger partial charge in [0.25, 0.3) is 0 Å². The predicted octanol–water partition coefficient (Wildman–Crippen LogP) is 7.22. The van der Waals surface area contributed by atoms with Crippen LogP contribution in [0.25, 0.3) is 0 Å². The summed E-state index contributed by atoms with van der Waals surface area (Å²) in [5.41, 5.74) is 9.40. The number of ether oxygens (including phenoxy) is 3. The summed E-state index contributed by atoms with van der Waals surface area (Å²) in [5.74, 6) is 0.543. The largest absolute Gasteiger partial charge is 0.469 e. The van der Waals surface area contributed by atoms with Crippen molar-refractivity contribution in [2.75, 3.05) is 44.6 Å². The minimum atomic E-state index is -0.191. The average molecular weight is 564 g/mol. The Labute approximate surface area is 238 Å². The van der Waals surface area contributed by atoms with Crippen LogP contribution >= 0.6 is 24.8 Å². The molecule has 2 aliphatic heterocycles. The van der Waals surface area contributed by atoms with E-state index in [-0.39, 0.29) is 30.8 Å². The number of methoxy groups -OCH3 is 1. The van der Waals surface area contributed by atoms with Crippen LogP contribution < -0.4 is 11.1 Å². The van der Waals surface area contributed by atoms with Crippen LogP contribution in [-0.2, 0) is 25.4 Å². The number of hydrogen-bond donors (Lipinski definition) is 2. The van der Waals surface area contributed by atoms with Crippen LogP contribution in [0.5, 0.6) is 0 Å². The van der Waals surface area contributed by atoms with E-state index in [1.807, 2.05) is 18.2 Å². The van der Waals surface area contributed by atoms with Crippen LogP contribution in [0.2, 0.25) is 0 Å². The second kappa shape index (κ2) is 19.8. The second-order valence-electron chi connectivity index (χ2n) is 11.1. The molecule has 1 saturated carbocycles. The Morgan fingerprint density at radius 3 is 1.97 bits per heavy atom. The van der Waals surface area contributed by atoms with E-state index in [1.54, 1.807) is 0 Å². The molecule has 3 aliphatic rings. The number of carbonyl (C=O) groups is 1. The van der Waals surface area contributed by atoms with E-state index in [0.717, 1.165) is 49.3 Å². The Hall–Kier alpha value is -1.21. The lowest BCUT2D eigenvalue weighted by Crippen LogP contribution is -2.35. The van der Waals surface area contributed by atoms with Crippen LogP contribution in [0.4, 0.5) is 11.4 Å². The number of nitrogen functional groups attached to an aromatic ring is 1. The highest BCUT2D eigenvalue weighted by Crippen LogP contribution is 2.40. The number of rotatable bonds is 5. The van der Waals surface area contributed by atoms with Crippen LogP contribution in [0.3, 0.4) is 0 Å². The summed E-state index contributed by atoms with van der Waals surface area (Å²) in [5, 5.41) is 3.62. The predicted molar refractivity (Wildman–Crippen MR) is 159 cm³/mol. The lowest BCUT2D eigenvalue weighted by molar-refractivity contribution is -0.140. The summed E-state index contributed by atoms with van der Waals surface area (Å²) in [4.78, 5) is 11.2. The first-order chi connectivity index (χ1) is 16.8. The van der Waals surface area contributed by atoms with E-state index in [1.165, 1.54) is 64.9 Å². The molecule has 6 nitrogen and oxygen atoms in total. The molecule has 0 radical (unpaired) electrons. The molecule has 216 valence electrons. The van der Waals surface area contributed by atoms with Crippen molar-refractivity contribution >= 4 is 42.2 Å². The van der Waals surface area contributed by atoms with Gasteiger partial charge >= 0.3 is 5.97 Å². The Balaban J connectivity index is 0.000000756. The molecule has 0 unspecified atom stereocenters. The third-order valence-electron chi connectivity index (χ3n) is 6.86. The smallest absolute Gasteiger partial charge is 0.305 e. The van der Waals surface area contributed by atoms with Gasteiger partial charge in [0.1, 0.15) is 0 Å². The molecule has 1 aromatic rings. The molecule has 0 bridgehead atoms. The number of halogens is 2. The van der Waals surface area contributed by atoms with Crippen LogP contribution in [0, 0.1) is 11.3 Å². The topological polar surface area (TPSA) is 82.8 Å². The number of benzene rings is 1. The van der Waals surface area contributed by atoms with E-state index in [9.17, 15) is 4.79 Å². The summed E-state index contributed by atoms with van der Waals surface area (Å²) in [6.07, 6.45) is 12.5. The number of aryl methyl sites for hydroxylation is 1. The van der Waals surface area contributed by atoms with Gasteiger partial charge in [0.05, 0.1) is 18.5 Å². The molecule has 8 heteroatoms. The van der Waals surface area contributed by atoms with Crippen molar-refractivity contribution in [2.24, 2.45) is 11.3 Å². The Kier molecular flexibility index (Phi) is 19.2. The van der Waals surface area contributed by atoms with Crippen LogP contribution in [0.1, 0.15) is 90.5 Å². The van der Waals surface area contributed by atoms with E-state index in [2.05, 4.69) is 30.8 Å². The molecular formula is C29H52Cl2N2O4. The molecule has 1 aromatic carbocycles. The standard InChI is InChI=1S/C19H30N2O2.2C5H10O.2ClH/c1-13-9-15(12-19(2,3)11-13)21-17-7-5-14(10-16(17)20)6-8-18(22)23-4;2*1-2-4-6-5-3-1;;/h5,7,10,13,15,21H,6,8-9,11-12,20H2,1-4H3;2*1-5H2;2*1H/t13-,15+;;;;/m0..../s1. The summed E-state index contributed by atoms with van der Waals surface area (Å²) in [6.45, 7) is 11.0. The molecule has 4 rings (SSSR count). The normalized spacial score (nSPS) is 22.3. The summed E-state index contributed by atoms with van der Waals surface area (Å²) < 4.78 is 14.8. The maximum Gasteiger partial charge on any atom is 0.305 e. The second-order valence-corrected chi connectivity index (χ2v) is 11.1. The average Bonchev–Trinajstić information content (AvgIpc) is 2.86. The fraction of sp³-hybridized carbons (Fsp3) is 0.759. The number of nitrogens with two attached hydrogens (primary N) is 1. The fourth-order valence-corrected chi connectivity index (χ4v) is 5.30. The Bertz CT molecular complexity index is 706. The molecule has 37 heavy (non-hydrogen) atoms. The minimum Gasteiger partial charge on any atom is -0.469 e. The van der Waals surface area contributed by atoms with Gasteiger partial charge < -0.3 is 25.3 Å². The molecule has 3 N–H and O–H groups in total. The zero-order valence-electron chi connectivity index (χ0n) is 23.5. The molecule has 3 fully saturated rings. The molecule has 1 aliphatic carbocycles. The lowest BCUT2D eigenvalue weighted by Gasteiger charge is -2.39. The van der Waals surface area contributed by atoms with Gasteiger partial charge in [-0.3, -0.25) is 4.79 Å². The van der Waals surface area contributed by atoms with Gasteiger partial charge in [0.2, 0.25) is 0 Å². The molecule has 0 amide bonds. The van der Waals surface area contributed by atoms with Crippen LogP contribution in [-0.4, -0.2) is 45.5 Å². The maximum atomic E-state index is 11.2. The van der Waals surface area contributed by atoms with Gasteiger partial charge in [-0.15, -0.1) is 24.8 Å². The van der Waals surface area contributed by atoms with Gasteiger partial charge in [-0.1, -0.05) is 26.8 Å². The van der Waals surface area contributed by atoms with Crippen molar-refractivity contribution < 1.29 is 19.0 Å².